The molecule has 0 N–H and O–H groups in total. The summed E-state index contributed by atoms with van der Waals surface area (Å²) in [5.74, 6) is -0.416. The fourth-order valence-electron chi connectivity index (χ4n) is 1.73. The standard InChI is InChI=1S/C15H21NO3/c1-4-16(11-15(18)19-5-2)14(17)10-13-8-6-12(3)7-9-13/h6-9H,4-5,10-11H2,1-3H3. The summed E-state index contributed by atoms with van der Waals surface area (Å²) in [6, 6.07) is 7.82. The van der Waals surface area contributed by atoms with E-state index in [4.69, 9.17) is 4.74 Å². The van der Waals surface area contributed by atoms with Crippen LogP contribution in [-0.4, -0.2) is 36.5 Å². The topological polar surface area (TPSA) is 46.6 Å². The lowest BCUT2D eigenvalue weighted by atomic mass is 10.1. The van der Waals surface area contributed by atoms with Crippen LogP contribution in [0.4, 0.5) is 0 Å². The van der Waals surface area contributed by atoms with E-state index >= 15 is 0 Å². The summed E-state index contributed by atoms with van der Waals surface area (Å²) >= 11 is 0. The average Bonchev–Trinajstić information content (AvgIpc) is 2.39. The number of benzene rings is 1. The van der Waals surface area contributed by atoms with Gasteiger partial charge in [0.05, 0.1) is 13.0 Å². The molecule has 1 aromatic rings. The molecule has 4 nitrogen and oxygen atoms in total. The number of esters is 1. The van der Waals surface area contributed by atoms with Crippen molar-refractivity contribution in [3.8, 4) is 0 Å². The zero-order valence-electron chi connectivity index (χ0n) is 11.8. The third kappa shape index (κ3) is 5.12. The molecular formula is C15H21NO3. The summed E-state index contributed by atoms with van der Waals surface area (Å²) in [5.41, 5.74) is 2.12. The van der Waals surface area contributed by atoms with Gasteiger partial charge in [-0.2, -0.15) is 0 Å². The van der Waals surface area contributed by atoms with Crippen LogP contribution in [-0.2, 0) is 20.7 Å². The molecule has 19 heavy (non-hydrogen) atoms. The van der Waals surface area contributed by atoms with Crippen molar-refractivity contribution in [3.05, 3.63) is 35.4 Å². The number of rotatable bonds is 6. The van der Waals surface area contributed by atoms with E-state index in [0.717, 1.165) is 11.1 Å². The molecule has 0 aliphatic carbocycles. The summed E-state index contributed by atoms with van der Waals surface area (Å²) in [6.07, 6.45) is 0.313. The normalized spacial score (nSPS) is 10.1. The SMILES string of the molecule is CCOC(=O)CN(CC)C(=O)Cc1ccc(C)cc1. The van der Waals surface area contributed by atoms with Gasteiger partial charge in [0.1, 0.15) is 6.54 Å². The predicted octanol–water partition coefficient (Wildman–Crippen LogP) is 1.95. The van der Waals surface area contributed by atoms with Crippen LogP contribution in [0.15, 0.2) is 24.3 Å². The Hall–Kier alpha value is -1.84. The summed E-state index contributed by atoms with van der Waals surface area (Å²) in [6.45, 7) is 6.47. The summed E-state index contributed by atoms with van der Waals surface area (Å²) in [7, 11) is 0. The Morgan fingerprint density at radius 3 is 2.32 bits per heavy atom. The van der Waals surface area contributed by atoms with Crippen molar-refractivity contribution in [2.75, 3.05) is 19.7 Å². The fraction of sp³-hybridized carbons (Fsp3) is 0.467. The fourth-order valence-corrected chi connectivity index (χ4v) is 1.73. The van der Waals surface area contributed by atoms with E-state index in [9.17, 15) is 9.59 Å². The van der Waals surface area contributed by atoms with Gasteiger partial charge in [0.15, 0.2) is 0 Å². The number of hydrogen-bond donors (Lipinski definition) is 0. The molecule has 104 valence electrons. The Morgan fingerprint density at radius 2 is 1.79 bits per heavy atom. The van der Waals surface area contributed by atoms with Crippen molar-refractivity contribution in [2.45, 2.75) is 27.2 Å². The lowest BCUT2D eigenvalue weighted by Gasteiger charge is -2.19. The molecule has 0 aliphatic heterocycles. The molecular weight excluding hydrogens is 242 g/mol. The quantitative estimate of drug-likeness (QED) is 0.737. The van der Waals surface area contributed by atoms with Gasteiger partial charge in [-0.3, -0.25) is 9.59 Å². The van der Waals surface area contributed by atoms with Crippen molar-refractivity contribution in [3.63, 3.8) is 0 Å². The Bertz CT molecular complexity index is 426. The Morgan fingerprint density at radius 1 is 1.16 bits per heavy atom. The first-order valence-corrected chi connectivity index (χ1v) is 6.55. The molecule has 1 aromatic carbocycles. The van der Waals surface area contributed by atoms with Crippen LogP contribution in [0.3, 0.4) is 0 Å². The summed E-state index contributed by atoms with van der Waals surface area (Å²) < 4.78 is 4.86. The first kappa shape index (κ1) is 15.2. The number of likely N-dealkylation sites (N-methyl/N-ethyl adjacent to an activating group) is 1. The number of amides is 1. The van der Waals surface area contributed by atoms with E-state index in [0.29, 0.717) is 19.6 Å². The first-order chi connectivity index (χ1) is 9.06. The molecule has 0 spiro atoms. The molecule has 0 bridgehead atoms. The van der Waals surface area contributed by atoms with Crippen LogP contribution in [0.2, 0.25) is 0 Å². The van der Waals surface area contributed by atoms with Crippen molar-refractivity contribution in [2.24, 2.45) is 0 Å². The van der Waals surface area contributed by atoms with Crippen molar-refractivity contribution in [1.29, 1.82) is 0 Å². The second kappa shape index (κ2) is 7.56. The highest BCUT2D eigenvalue weighted by Gasteiger charge is 2.16. The number of carbonyl (C=O) groups excluding carboxylic acids is 2. The Balaban J connectivity index is 2.58. The maximum absolute atomic E-state index is 12.1. The number of ether oxygens (including phenoxy) is 1. The summed E-state index contributed by atoms with van der Waals surface area (Å²) in [5, 5.41) is 0. The maximum atomic E-state index is 12.1. The van der Waals surface area contributed by atoms with Gasteiger partial charge in [-0.15, -0.1) is 0 Å². The molecule has 1 rings (SSSR count). The van der Waals surface area contributed by atoms with Gasteiger partial charge >= 0.3 is 5.97 Å². The van der Waals surface area contributed by atoms with Crippen LogP contribution in [0.25, 0.3) is 0 Å². The summed E-state index contributed by atoms with van der Waals surface area (Å²) in [4.78, 5) is 25.0. The van der Waals surface area contributed by atoms with E-state index in [2.05, 4.69) is 0 Å². The minimum absolute atomic E-state index is 0.0229. The lowest BCUT2D eigenvalue weighted by molar-refractivity contribution is -0.148. The van der Waals surface area contributed by atoms with Gasteiger partial charge in [-0.25, -0.2) is 0 Å². The molecule has 4 heteroatoms. The molecule has 0 saturated heterocycles. The zero-order valence-corrected chi connectivity index (χ0v) is 11.8. The molecule has 0 fully saturated rings. The molecule has 0 unspecified atom stereocenters. The minimum Gasteiger partial charge on any atom is -0.465 e. The Kier molecular flexibility index (Phi) is 6.06. The molecule has 0 heterocycles. The van der Waals surface area contributed by atoms with E-state index in [1.807, 2.05) is 38.1 Å². The molecule has 0 atom stereocenters. The van der Waals surface area contributed by atoms with Crippen molar-refractivity contribution < 1.29 is 14.3 Å². The highest BCUT2D eigenvalue weighted by Crippen LogP contribution is 2.06. The highest BCUT2D eigenvalue weighted by atomic mass is 16.5. The second-order valence-electron chi connectivity index (χ2n) is 4.38. The zero-order chi connectivity index (χ0) is 14.3. The number of hydrogen-bond acceptors (Lipinski definition) is 3. The van der Waals surface area contributed by atoms with Crippen LogP contribution in [0.1, 0.15) is 25.0 Å². The highest BCUT2D eigenvalue weighted by molar-refractivity contribution is 5.83. The van der Waals surface area contributed by atoms with Crippen LogP contribution < -0.4 is 0 Å². The van der Waals surface area contributed by atoms with Gasteiger partial charge in [0.25, 0.3) is 0 Å². The molecule has 0 aromatic heterocycles. The second-order valence-corrected chi connectivity index (χ2v) is 4.38. The van der Waals surface area contributed by atoms with Gasteiger partial charge in [0.2, 0.25) is 5.91 Å². The molecule has 0 saturated carbocycles. The van der Waals surface area contributed by atoms with E-state index < -0.39 is 0 Å². The van der Waals surface area contributed by atoms with Gasteiger partial charge < -0.3 is 9.64 Å². The van der Waals surface area contributed by atoms with E-state index in [1.54, 1.807) is 6.92 Å². The van der Waals surface area contributed by atoms with Gasteiger partial charge in [0, 0.05) is 6.54 Å². The van der Waals surface area contributed by atoms with Crippen LogP contribution in [0, 0.1) is 6.92 Å². The number of carbonyl (C=O) groups is 2. The van der Waals surface area contributed by atoms with Crippen molar-refractivity contribution >= 4 is 11.9 Å². The monoisotopic (exact) mass is 263 g/mol. The smallest absolute Gasteiger partial charge is 0.325 e. The molecule has 0 radical (unpaired) electrons. The van der Waals surface area contributed by atoms with Gasteiger partial charge in [-0.1, -0.05) is 29.8 Å². The first-order valence-electron chi connectivity index (χ1n) is 6.55. The third-order valence-corrected chi connectivity index (χ3v) is 2.84. The predicted molar refractivity (Wildman–Crippen MR) is 73.8 cm³/mol. The molecule has 1 amide bonds. The third-order valence-electron chi connectivity index (χ3n) is 2.84. The van der Waals surface area contributed by atoms with Crippen LogP contribution >= 0.6 is 0 Å². The number of aryl methyl sites for hydroxylation is 1. The molecule has 0 aliphatic rings. The Labute approximate surface area is 114 Å². The van der Waals surface area contributed by atoms with E-state index in [1.165, 1.54) is 4.90 Å². The maximum Gasteiger partial charge on any atom is 0.325 e. The number of nitrogens with zero attached hydrogens (tertiary/aromatic N) is 1. The largest absolute Gasteiger partial charge is 0.465 e. The van der Waals surface area contributed by atoms with E-state index in [-0.39, 0.29) is 18.4 Å². The van der Waals surface area contributed by atoms with Gasteiger partial charge in [-0.05, 0) is 26.3 Å². The van der Waals surface area contributed by atoms with Crippen molar-refractivity contribution in [1.82, 2.24) is 4.90 Å². The lowest BCUT2D eigenvalue weighted by Crippen LogP contribution is -2.37. The average molecular weight is 263 g/mol. The van der Waals surface area contributed by atoms with Crippen LogP contribution in [0.5, 0.6) is 0 Å². The minimum atomic E-state index is -0.360.